The van der Waals surface area contributed by atoms with Crippen molar-refractivity contribution in [3.8, 4) is 0 Å². The molecule has 2 N–H and O–H groups in total. The van der Waals surface area contributed by atoms with Crippen molar-refractivity contribution >= 4 is 17.2 Å². The highest BCUT2D eigenvalue weighted by atomic mass is 32.1. The van der Waals surface area contributed by atoms with Crippen LogP contribution in [0.15, 0.2) is 29.8 Å². The second-order valence-corrected chi connectivity index (χ2v) is 7.08. The SMILES string of the molecule is Cc1[nH]ccc1C(=O)NC[C@H]1CCCN(Cc2cccs2)C1. The number of nitrogens with one attached hydrogen (secondary N) is 2. The summed E-state index contributed by atoms with van der Waals surface area (Å²) < 4.78 is 0. The number of aromatic nitrogens is 1. The fourth-order valence-electron chi connectivity index (χ4n) is 3.12. The molecule has 118 valence electrons. The van der Waals surface area contributed by atoms with E-state index in [2.05, 4.69) is 32.7 Å². The molecule has 5 heteroatoms. The quantitative estimate of drug-likeness (QED) is 0.890. The van der Waals surface area contributed by atoms with Gasteiger partial charge in [-0.25, -0.2) is 0 Å². The maximum atomic E-state index is 12.2. The molecule has 1 aliphatic heterocycles. The molecular formula is C17H23N3OS. The van der Waals surface area contributed by atoms with Gasteiger partial charge < -0.3 is 10.3 Å². The molecule has 1 saturated heterocycles. The van der Waals surface area contributed by atoms with Crippen molar-refractivity contribution in [2.45, 2.75) is 26.3 Å². The monoisotopic (exact) mass is 317 g/mol. The molecule has 22 heavy (non-hydrogen) atoms. The van der Waals surface area contributed by atoms with Crippen LogP contribution in [0.3, 0.4) is 0 Å². The molecule has 0 radical (unpaired) electrons. The Kier molecular flexibility index (Phi) is 4.95. The van der Waals surface area contributed by atoms with E-state index >= 15 is 0 Å². The zero-order valence-corrected chi connectivity index (χ0v) is 13.8. The third-order valence-corrected chi connectivity index (χ3v) is 5.17. The van der Waals surface area contributed by atoms with Crippen LogP contribution in [-0.2, 0) is 6.54 Å². The summed E-state index contributed by atoms with van der Waals surface area (Å²) in [5.41, 5.74) is 1.69. The van der Waals surface area contributed by atoms with Gasteiger partial charge in [0.25, 0.3) is 5.91 Å². The van der Waals surface area contributed by atoms with E-state index in [4.69, 9.17) is 0 Å². The minimum absolute atomic E-state index is 0.0362. The van der Waals surface area contributed by atoms with Gasteiger partial charge in [0, 0.05) is 36.4 Å². The highest BCUT2D eigenvalue weighted by Gasteiger charge is 2.21. The highest BCUT2D eigenvalue weighted by molar-refractivity contribution is 7.09. The average molecular weight is 317 g/mol. The first-order chi connectivity index (χ1) is 10.7. The number of rotatable bonds is 5. The van der Waals surface area contributed by atoms with Crippen molar-refractivity contribution in [3.05, 3.63) is 45.9 Å². The summed E-state index contributed by atoms with van der Waals surface area (Å²) in [5, 5.41) is 5.23. The Morgan fingerprint density at radius 1 is 1.50 bits per heavy atom. The lowest BCUT2D eigenvalue weighted by atomic mass is 9.98. The van der Waals surface area contributed by atoms with Crippen LogP contribution in [0.1, 0.15) is 33.8 Å². The molecule has 2 aromatic rings. The first-order valence-corrected chi connectivity index (χ1v) is 8.77. The lowest BCUT2D eigenvalue weighted by molar-refractivity contribution is 0.0930. The standard InChI is InChI=1S/C17H23N3OS/c1-13-16(6-7-18-13)17(21)19-10-14-4-2-8-20(11-14)12-15-5-3-9-22-15/h3,5-7,9,14,18H,2,4,8,10-12H2,1H3,(H,19,21)/t14-/m1/s1. The van der Waals surface area contributed by atoms with Gasteiger partial charge in [0.15, 0.2) is 0 Å². The van der Waals surface area contributed by atoms with Gasteiger partial charge in [-0.2, -0.15) is 0 Å². The highest BCUT2D eigenvalue weighted by Crippen LogP contribution is 2.20. The number of amides is 1. The molecule has 4 nitrogen and oxygen atoms in total. The zero-order chi connectivity index (χ0) is 15.4. The molecular weight excluding hydrogens is 294 g/mol. The molecule has 1 atom stereocenters. The Balaban J connectivity index is 1.48. The molecule has 0 aliphatic carbocycles. The minimum atomic E-state index is 0.0362. The largest absolute Gasteiger partial charge is 0.365 e. The number of carbonyl (C=O) groups is 1. The normalized spacial score (nSPS) is 19.2. The van der Waals surface area contributed by atoms with Crippen LogP contribution in [-0.4, -0.2) is 35.4 Å². The number of hydrogen-bond acceptors (Lipinski definition) is 3. The van der Waals surface area contributed by atoms with E-state index in [9.17, 15) is 4.79 Å². The van der Waals surface area contributed by atoms with E-state index in [-0.39, 0.29) is 5.91 Å². The van der Waals surface area contributed by atoms with Gasteiger partial charge in [-0.05, 0) is 49.7 Å². The second kappa shape index (κ2) is 7.11. The van der Waals surface area contributed by atoms with Gasteiger partial charge in [-0.3, -0.25) is 9.69 Å². The van der Waals surface area contributed by atoms with Crippen molar-refractivity contribution < 1.29 is 4.79 Å². The number of H-pyrrole nitrogens is 1. The molecule has 0 aromatic carbocycles. The molecule has 2 aromatic heterocycles. The first kappa shape index (κ1) is 15.3. The van der Waals surface area contributed by atoms with Crippen molar-refractivity contribution in [2.75, 3.05) is 19.6 Å². The summed E-state index contributed by atoms with van der Waals surface area (Å²) in [6.07, 6.45) is 4.23. The topological polar surface area (TPSA) is 48.1 Å². The average Bonchev–Trinajstić information content (AvgIpc) is 3.17. The lowest BCUT2D eigenvalue weighted by Gasteiger charge is -2.32. The Bertz CT molecular complexity index is 605. The fourth-order valence-corrected chi connectivity index (χ4v) is 3.86. The van der Waals surface area contributed by atoms with Crippen molar-refractivity contribution in [3.63, 3.8) is 0 Å². The Morgan fingerprint density at radius 2 is 2.41 bits per heavy atom. The number of aromatic amines is 1. The first-order valence-electron chi connectivity index (χ1n) is 7.89. The van der Waals surface area contributed by atoms with Gasteiger partial charge in [-0.1, -0.05) is 6.07 Å². The van der Waals surface area contributed by atoms with Crippen molar-refractivity contribution in [2.24, 2.45) is 5.92 Å². The van der Waals surface area contributed by atoms with Crippen LogP contribution >= 0.6 is 11.3 Å². The molecule has 3 heterocycles. The van der Waals surface area contributed by atoms with E-state index in [1.165, 1.54) is 24.3 Å². The summed E-state index contributed by atoms with van der Waals surface area (Å²) in [6, 6.07) is 6.15. The number of thiophene rings is 1. The molecule has 0 spiro atoms. The summed E-state index contributed by atoms with van der Waals surface area (Å²) in [5.74, 6) is 0.589. The third-order valence-electron chi connectivity index (χ3n) is 4.31. The summed E-state index contributed by atoms with van der Waals surface area (Å²) in [7, 11) is 0. The molecule has 1 fully saturated rings. The number of carbonyl (C=O) groups excluding carboxylic acids is 1. The minimum Gasteiger partial charge on any atom is -0.365 e. The van der Waals surface area contributed by atoms with Crippen molar-refractivity contribution in [1.29, 1.82) is 0 Å². The van der Waals surface area contributed by atoms with Crippen molar-refractivity contribution in [1.82, 2.24) is 15.2 Å². The summed E-state index contributed by atoms with van der Waals surface area (Å²) in [4.78, 5) is 19.1. The Morgan fingerprint density at radius 3 is 3.14 bits per heavy atom. The van der Waals surface area contributed by atoms with Crippen LogP contribution in [0.2, 0.25) is 0 Å². The second-order valence-electron chi connectivity index (χ2n) is 6.05. The summed E-state index contributed by atoms with van der Waals surface area (Å²) >= 11 is 1.82. The molecule has 0 saturated carbocycles. The molecule has 1 amide bonds. The van der Waals surface area contributed by atoms with Gasteiger partial charge in [0.1, 0.15) is 0 Å². The molecule has 0 bridgehead atoms. The lowest BCUT2D eigenvalue weighted by Crippen LogP contribution is -2.40. The Hall–Kier alpha value is -1.59. The predicted octanol–water partition coefficient (Wildman–Crippen LogP) is 3.03. The number of aryl methyl sites for hydroxylation is 1. The number of piperidine rings is 1. The maximum Gasteiger partial charge on any atom is 0.253 e. The number of hydrogen-bond donors (Lipinski definition) is 2. The van der Waals surface area contributed by atoms with E-state index < -0.39 is 0 Å². The van der Waals surface area contributed by atoms with Gasteiger partial charge in [0.2, 0.25) is 0 Å². The van der Waals surface area contributed by atoms with E-state index in [1.807, 2.05) is 30.5 Å². The van der Waals surface area contributed by atoms with Crippen LogP contribution in [0, 0.1) is 12.8 Å². The van der Waals surface area contributed by atoms with E-state index in [0.717, 1.165) is 30.9 Å². The summed E-state index contributed by atoms with van der Waals surface area (Å²) in [6.45, 7) is 5.98. The fraction of sp³-hybridized carbons (Fsp3) is 0.471. The molecule has 3 rings (SSSR count). The zero-order valence-electron chi connectivity index (χ0n) is 13.0. The van der Waals surface area contributed by atoms with E-state index in [1.54, 1.807) is 0 Å². The molecule has 1 aliphatic rings. The number of likely N-dealkylation sites (tertiary alicyclic amines) is 1. The Labute approximate surface area is 135 Å². The van der Waals surface area contributed by atoms with Gasteiger partial charge in [-0.15, -0.1) is 11.3 Å². The maximum absolute atomic E-state index is 12.2. The predicted molar refractivity (Wildman–Crippen MR) is 90.2 cm³/mol. The smallest absolute Gasteiger partial charge is 0.253 e. The molecule has 0 unspecified atom stereocenters. The van der Waals surface area contributed by atoms with Crippen LogP contribution < -0.4 is 5.32 Å². The van der Waals surface area contributed by atoms with E-state index in [0.29, 0.717) is 5.92 Å². The third kappa shape index (κ3) is 3.78. The number of nitrogens with zero attached hydrogens (tertiary/aromatic N) is 1. The van der Waals surface area contributed by atoms with Crippen LogP contribution in [0.4, 0.5) is 0 Å². The van der Waals surface area contributed by atoms with Crippen LogP contribution in [0.5, 0.6) is 0 Å². The van der Waals surface area contributed by atoms with Crippen LogP contribution in [0.25, 0.3) is 0 Å². The van der Waals surface area contributed by atoms with Gasteiger partial charge in [0.05, 0.1) is 5.56 Å². The van der Waals surface area contributed by atoms with Gasteiger partial charge >= 0.3 is 0 Å².